The lowest BCUT2D eigenvalue weighted by Crippen LogP contribution is -2.13. The Morgan fingerprint density at radius 2 is 1.62 bits per heavy atom. The maximum atomic E-state index is 10.3. The van der Waals surface area contributed by atoms with Crippen LogP contribution in [0, 0.1) is 5.92 Å². The molecule has 0 rings (SSSR count). The Bertz CT molecular complexity index is 187. The predicted molar refractivity (Wildman–Crippen MR) is 45.5 cm³/mol. The number of carboxylic acid groups (broad SMARTS) is 2. The van der Waals surface area contributed by atoms with E-state index in [1.165, 1.54) is 0 Å². The number of rotatable bonds is 7. The van der Waals surface area contributed by atoms with Crippen molar-refractivity contribution in [3.8, 4) is 0 Å². The van der Waals surface area contributed by atoms with E-state index >= 15 is 0 Å². The molecule has 5 nitrogen and oxygen atoms in total. The number of aliphatic carboxylic acids is 2. The van der Waals surface area contributed by atoms with Crippen molar-refractivity contribution < 1.29 is 24.0 Å². The van der Waals surface area contributed by atoms with Gasteiger partial charge in [-0.15, -0.1) is 0 Å². The Morgan fingerprint density at radius 3 is 1.92 bits per heavy atom. The number of hydrogen-bond acceptors (Lipinski definition) is 3. The summed E-state index contributed by atoms with van der Waals surface area (Å²) < 4.78 is 10.0. The van der Waals surface area contributed by atoms with Crippen LogP contribution >= 0.6 is 0 Å². The molecule has 0 aromatic carbocycles. The smallest absolute Gasteiger partial charge is 0.458 e. The standard InChI is InChI=1S/C7H10O5S/c8-6(9)3-5(1-2-13-12)4-7(10)11/h5H,1-4H2,(H-,8,9,10,11)/p+1. The van der Waals surface area contributed by atoms with Gasteiger partial charge in [0, 0.05) is 23.5 Å². The molecule has 0 aliphatic carbocycles. The topological polar surface area (TPSA) is 91.7 Å². The first-order chi connectivity index (χ1) is 6.06. The highest BCUT2D eigenvalue weighted by Gasteiger charge is 2.19. The van der Waals surface area contributed by atoms with E-state index in [9.17, 15) is 13.8 Å². The largest absolute Gasteiger partial charge is 0.481 e. The van der Waals surface area contributed by atoms with E-state index in [0.29, 0.717) is 18.1 Å². The minimum absolute atomic E-state index is 0.188. The van der Waals surface area contributed by atoms with E-state index < -0.39 is 17.9 Å². The molecule has 0 aromatic rings. The highest BCUT2D eigenvalue weighted by molar-refractivity contribution is 7.65. The SMILES string of the molecule is O=[S+]CCC(CC(=O)O)CC(=O)O. The molecule has 0 fully saturated rings. The monoisotopic (exact) mass is 207 g/mol. The molecular formula is C7H11O5S+. The molecule has 0 heterocycles. The van der Waals surface area contributed by atoms with Crippen LogP contribution in [0.25, 0.3) is 0 Å². The van der Waals surface area contributed by atoms with E-state index in [4.69, 9.17) is 10.2 Å². The summed E-state index contributed by atoms with van der Waals surface area (Å²) in [6.45, 7) is 0. The Hall–Kier alpha value is -1.04. The Kier molecular flexibility index (Phi) is 5.96. The van der Waals surface area contributed by atoms with Gasteiger partial charge in [0.1, 0.15) is 0 Å². The minimum atomic E-state index is -1.03. The zero-order chi connectivity index (χ0) is 10.3. The van der Waals surface area contributed by atoms with Crippen molar-refractivity contribution in [1.82, 2.24) is 0 Å². The van der Waals surface area contributed by atoms with Gasteiger partial charge in [-0.25, -0.2) is 0 Å². The first-order valence-electron chi connectivity index (χ1n) is 3.74. The highest BCUT2D eigenvalue weighted by Crippen LogP contribution is 2.13. The molecule has 0 unspecified atom stereocenters. The van der Waals surface area contributed by atoms with Crippen LogP contribution in [0.4, 0.5) is 0 Å². The van der Waals surface area contributed by atoms with Gasteiger partial charge in [-0.1, -0.05) is 0 Å². The predicted octanol–water partition coefficient (Wildman–Crippen LogP) is 0.370. The molecule has 6 heteroatoms. The number of carbonyl (C=O) groups is 2. The summed E-state index contributed by atoms with van der Waals surface area (Å²) in [5, 5.41) is 16.8. The summed E-state index contributed by atoms with van der Waals surface area (Å²) in [7, 11) is 0. The Labute approximate surface area is 79.2 Å². The maximum absolute atomic E-state index is 10.3. The van der Waals surface area contributed by atoms with E-state index in [-0.39, 0.29) is 18.6 Å². The zero-order valence-electron chi connectivity index (χ0n) is 6.93. The van der Waals surface area contributed by atoms with Crippen LogP contribution in [0.3, 0.4) is 0 Å². The fraction of sp³-hybridized carbons (Fsp3) is 0.714. The lowest BCUT2D eigenvalue weighted by Gasteiger charge is -2.06. The molecule has 13 heavy (non-hydrogen) atoms. The van der Waals surface area contributed by atoms with Crippen molar-refractivity contribution in [2.45, 2.75) is 19.3 Å². The van der Waals surface area contributed by atoms with Gasteiger partial charge in [0.15, 0.2) is 0 Å². The molecule has 2 N–H and O–H groups in total. The quantitative estimate of drug-likeness (QED) is 0.588. The molecule has 0 spiro atoms. The average molecular weight is 207 g/mol. The van der Waals surface area contributed by atoms with E-state index in [0.717, 1.165) is 0 Å². The third-order valence-electron chi connectivity index (χ3n) is 1.54. The van der Waals surface area contributed by atoms with Crippen LogP contribution in [-0.4, -0.2) is 27.9 Å². The average Bonchev–Trinajstić information content (AvgIpc) is 1.98. The van der Waals surface area contributed by atoms with Crippen molar-refractivity contribution in [2.24, 2.45) is 5.92 Å². The molecule has 0 atom stereocenters. The third-order valence-corrected chi connectivity index (χ3v) is 1.94. The summed E-state index contributed by atoms with van der Waals surface area (Å²) in [4.78, 5) is 20.6. The fourth-order valence-corrected chi connectivity index (χ4v) is 1.41. The van der Waals surface area contributed by atoms with Crippen molar-refractivity contribution in [3.05, 3.63) is 0 Å². The van der Waals surface area contributed by atoms with Crippen LogP contribution in [0.15, 0.2) is 0 Å². The second kappa shape index (κ2) is 6.47. The Morgan fingerprint density at radius 1 is 1.15 bits per heavy atom. The zero-order valence-corrected chi connectivity index (χ0v) is 7.75. The van der Waals surface area contributed by atoms with Gasteiger partial charge in [-0.05, 0) is 5.92 Å². The number of hydrogen-bond donors (Lipinski definition) is 2. The molecule has 0 aliphatic heterocycles. The summed E-state index contributed by atoms with van der Waals surface area (Å²) in [6.07, 6.45) is -0.0352. The van der Waals surface area contributed by atoms with E-state index in [1.54, 1.807) is 0 Å². The Balaban J connectivity index is 3.93. The summed E-state index contributed by atoms with van der Waals surface area (Å²) in [5.74, 6) is -2.23. The summed E-state index contributed by atoms with van der Waals surface area (Å²) in [5.41, 5.74) is 0. The van der Waals surface area contributed by atoms with Crippen molar-refractivity contribution in [2.75, 3.05) is 5.75 Å². The molecule has 0 radical (unpaired) electrons. The first kappa shape index (κ1) is 12.0. The molecule has 0 aromatic heterocycles. The molecule has 0 saturated carbocycles. The van der Waals surface area contributed by atoms with Gasteiger partial charge < -0.3 is 10.2 Å². The molecule has 74 valence electrons. The fourth-order valence-electron chi connectivity index (χ4n) is 0.985. The van der Waals surface area contributed by atoms with Crippen molar-refractivity contribution in [3.63, 3.8) is 0 Å². The third kappa shape index (κ3) is 7.32. The number of carboxylic acids is 2. The van der Waals surface area contributed by atoms with E-state index in [2.05, 4.69) is 0 Å². The van der Waals surface area contributed by atoms with Crippen molar-refractivity contribution in [1.29, 1.82) is 0 Å². The highest BCUT2D eigenvalue weighted by atomic mass is 32.1. The maximum Gasteiger partial charge on any atom is 0.458 e. The van der Waals surface area contributed by atoms with Gasteiger partial charge in [-0.2, -0.15) is 0 Å². The lowest BCUT2D eigenvalue weighted by molar-refractivity contribution is -0.140. The lowest BCUT2D eigenvalue weighted by atomic mass is 9.99. The minimum Gasteiger partial charge on any atom is -0.481 e. The second-order valence-electron chi connectivity index (χ2n) is 2.67. The summed E-state index contributed by atoms with van der Waals surface area (Å²) >= 11 is 0.348. The van der Waals surface area contributed by atoms with Gasteiger partial charge in [0.05, 0.1) is 0 Å². The second-order valence-corrected chi connectivity index (χ2v) is 3.32. The van der Waals surface area contributed by atoms with Gasteiger partial charge in [0.25, 0.3) is 0 Å². The van der Waals surface area contributed by atoms with Gasteiger partial charge >= 0.3 is 23.6 Å². The van der Waals surface area contributed by atoms with Crippen LogP contribution in [0.1, 0.15) is 19.3 Å². The normalized spacial score (nSPS) is 9.92. The van der Waals surface area contributed by atoms with Crippen LogP contribution in [0.5, 0.6) is 0 Å². The summed E-state index contributed by atoms with van der Waals surface area (Å²) in [6, 6.07) is 0. The van der Waals surface area contributed by atoms with Crippen molar-refractivity contribution >= 4 is 23.6 Å². The van der Waals surface area contributed by atoms with Gasteiger partial charge in [0.2, 0.25) is 5.75 Å². The molecule has 0 bridgehead atoms. The van der Waals surface area contributed by atoms with E-state index in [1.807, 2.05) is 0 Å². The van der Waals surface area contributed by atoms with Crippen LogP contribution in [0.2, 0.25) is 0 Å². The van der Waals surface area contributed by atoms with Gasteiger partial charge in [-0.3, -0.25) is 9.59 Å². The molecule has 0 saturated heterocycles. The van der Waals surface area contributed by atoms with Crippen LogP contribution in [-0.2, 0) is 25.5 Å². The first-order valence-corrected chi connectivity index (χ1v) is 4.65. The van der Waals surface area contributed by atoms with Crippen LogP contribution < -0.4 is 0 Å². The molecular weight excluding hydrogens is 196 g/mol. The molecule has 0 aliphatic rings. The molecule has 0 amide bonds.